The summed E-state index contributed by atoms with van der Waals surface area (Å²) in [5.41, 5.74) is 4.54. The van der Waals surface area contributed by atoms with Gasteiger partial charge in [-0.2, -0.15) is 0 Å². The summed E-state index contributed by atoms with van der Waals surface area (Å²) >= 11 is 1.67. The molecule has 162 valence electrons. The lowest BCUT2D eigenvalue weighted by Gasteiger charge is -2.26. The van der Waals surface area contributed by atoms with E-state index in [2.05, 4.69) is 77.1 Å². The number of thioether (sulfide) groups is 1. The highest BCUT2D eigenvalue weighted by Crippen LogP contribution is 2.29. The van der Waals surface area contributed by atoms with E-state index in [-0.39, 0.29) is 0 Å². The Hall–Kier alpha value is -2.60. The Bertz CT molecular complexity index is 1010. The summed E-state index contributed by atoms with van der Waals surface area (Å²) in [7, 11) is 0. The average Bonchev–Trinajstić information content (AvgIpc) is 3.22. The van der Waals surface area contributed by atoms with Crippen LogP contribution in [0.25, 0.3) is 17.1 Å². The number of piperidine rings is 1. The minimum atomic E-state index is 0.292. The summed E-state index contributed by atoms with van der Waals surface area (Å²) in [4.78, 5) is 14.5. The fourth-order valence-corrected chi connectivity index (χ4v) is 4.76. The van der Waals surface area contributed by atoms with Gasteiger partial charge in [0.15, 0.2) is 11.0 Å². The lowest BCUT2D eigenvalue weighted by molar-refractivity contribution is -0.132. The monoisotopic (exact) mass is 434 g/mol. The number of carbonyl (C=O) groups excluding carboxylic acids is 1. The van der Waals surface area contributed by atoms with Gasteiger partial charge in [-0.25, -0.2) is 0 Å². The van der Waals surface area contributed by atoms with Gasteiger partial charge in [0.2, 0.25) is 5.91 Å². The molecule has 2 heterocycles. The van der Waals surface area contributed by atoms with Crippen LogP contribution < -0.4 is 0 Å². The van der Waals surface area contributed by atoms with Gasteiger partial charge in [-0.05, 0) is 51.7 Å². The highest BCUT2D eigenvalue weighted by molar-refractivity contribution is 7.99. The van der Waals surface area contributed by atoms with E-state index in [0.717, 1.165) is 60.3 Å². The predicted octanol–water partition coefficient (Wildman–Crippen LogP) is 5.44. The zero-order valence-corrected chi connectivity index (χ0v) is 19.2. The number of aromatic nitrogens is 3. The number of aryl methyl sites for hydroxylation is 2. The van der Waals surface area contributed by atoms with Crippen molar-refractivity contribution in [1.29, 1.82) is 0 Å². The fraction of sp³-hybridized carbons (Fsp3) is 0.400. The number of nitrogens with zero attached hydrogens (tertiary/aromatic N) is 4. The van der Waals surface area contributed by atoms with Crippen molar-refractivity contribution in [2.45, 2.75) is 51.1 Å². The maximum Gasteiger partial charge on any atom is 0.222 e. The van der Waals surface area contributed by atoms with Crippen LogP contribution in [0.15, 0.2) is 53.7 Å². The van der Waals surface area contributed by atoms with Crippen LogP contribution in [0.5, 0.6) is 0 Å². The zero-order valence-electron chi connectivity index (χ0n) is 18.4. The molecule has 4 rings (SSSR count). The highest BCUT2D eigenvalue weighted by Gasteiger charge is 2.18. The molecule has 31 heavy (non-hydrogen) atoms. The third-order valence-corrected chi connectivity index (χ3v) is 6.73. The second-order valence-electron chi connectivity index (χ2n) is 8.24. The molecule has 0 bridgehead atoms. The van der Waals surface area contributed by atoms with Crippen LogP contribution in [0.3, 0.4) is 0 Å². The van der Waals surface area contributed by atoms with E-state index in [9.17, 15) is 4.79 Å². The molecule has 6 heteroatoms. The first kappa shape index (κ1) is 21.6. The van der Waals surface area contributed by atoms with E-state index in [4.69, 9.17) is 0 Å². The van der Waals surface area contributed by atoms with E-state index in [1.165, 1.54) is 17.5 Å². The molecular formula is C25H30N4OS. The van der Waals surface area contributed by atoms with Gasteiger partial charge in [-0.15, -0.1) is 10.2 Å². The molecule has 0 radical (unpaired) electrons. The average molecular weight is 435 g/mol. The minimum absolute atomic E-state index is 0.292. The topological polar surface area (TPSA) is 51.0 Å². The first-order valence-corrected chi connectivity index (χ1v) is 12.1. The molecule has 1 saturated heterocycles. The van der Waals surface area contributed by atoms with Crippen molar-refractivity contribution >= 4 is 17.7 Å². The predicted molar refractivity (Wildman–Crippen MR) is 127 cm³/mol. The zero-order chi connectivity index (χ0) is 21.6. The van der Waals surface area contributed by atoms with Gasteiger partial charge in [0, 0.05) is 36.5 Å². The van der Waals surface area contributed by atoms with Crippen molar-refractivity contribution in [1.82, 2.24) is 19.7 Å². The van der Waals surface area contributed by atoms with Crippen LogP contribution in [-0.2, 0) is 4.79 Å². The third-order valence-electron chi connectivity index (χ3n) is 5.71. The Morgan fingerprint density at radius 3 is 2.23 bits per heavy atom. The van der Waals surface area contributed by atoms with E-state index in [1.807, 2.05) is 4.90 Å². The number of carbonyl (C=O) groups is 1. The van der Waals surface area contributed by atoms with Gasteiger partial charge in [0.25, 0.3) is 0 Å². The van der Waals surface area contributed by atoms with Crippen molar-refractivity contribution in [3.8, 4) is 17.1 Å². The molecule has 5 nitrogen and oxygen atoms in total. The van der Waals surface area contributed by atoms with Crippen molar-refractivity contribution in [3.63, 3.8) is 0 Å². The molecule has 1 aliphatic heterocycles. The molecular weight excluding hydrogens is 404 g/mol. The molecule has 1 amide bonds. The van der Waals surface area contributed by atoms with Gasteiger partial charge < -0.3 is 4.90 Å². The maximum atomic E-state index is 12.4. The van der Waals surface area contributed by atoms with Crippen LogP contribution in [0, 0.1) is 13.8 Å². The molecule has 1 aliphatic rings. The van der Waals surface area contributed by atoms with Crippen LogP contribution in [0.4, 0.5) is 0 Å². The van der Waals surface area contributed by atoms with Gasteiger partial charge in [-0.1, -0.05) is 59.3 Å². The Kier molecular flexibility index (Phi) is 7.07. The molecule has 0 N–H and O–H groups in total. The lowest BCUT2D eigenvalue weighted by atomic mass is 10.1. The number of hydrogen-bond acceptors (Lipinski definition) is 4. The van der Waals surface area contributed by atoms with Gasteiger partial charge in [0.1, 0.15) is 0 Å². The SMILES string of the molecule is Cc1ccc(-c2nnc(SCCCC(=O)N3CCCCC3)n2-c2ccc(C)cc2)cc1. The minimum Gasteiger partial charge on any atom is -0.343 e. The summed E-state index contributed by atoms with van der Waals surface area (Å²) < 4.78 is 2.13. The van der Waals surface area contributed by atoms with Crippen molar-refractivity contribution < 1.29 is 4.79 Å². The molecule has 1 fully saturated rings. The lowest BCUT2D eigenvalue weighted by Crippen LogP contribution is -2.35. The normalized spacial score (nSPS) is 14.1. The van der Waals surface area contributed by atoms with Crippen LogP contribution in [-0.4, -0.2) is 44.4 Å². The number of benzene rings is 2. The number of hydrogen-bond donors (Lipinski definition) is 0. The second kappa shape index (κ2) is 10.1. The molecule has 0 saturated carbocycles. The van der Waals surface area contributed by atoms with E-state index in [0.29, 0.717) is 12.3 Å². The smallest absolute Gasteiger partial charge is 0.222 e. The van der Waals surface area contributed by atoms with Gasteiger partial charge in [0.05, 0.1) is 0 Å². The first-order valence-electron chi connectivity index (χ1n) is 11.1. The van der Waals surface area contributed by atoms with Crippen LogP contribution in [0.1, 0.15) is 43.2 Å². The van der Waals surface area contributed by atoms with E-state index in [1.54, 1.807) is 11.8 Å². The van der Waals surface area contributed by atoms with Crippen LogP contribution >= 0.6 is 11.8 Å². The number of rotatable bonds is 7. The Labute approximate surface area is 188 Å². The Balaban J connectivity index is 1.48. The summed E-state index contributed by atoms with van der Waals surface area (Å²) in [6, 6.07) is 16.8. The highest BCUT2D eigenvalue weighted by atomic mass is 32.2. The first-order chi connectivity index (χ1) is 15.1. The van der Waals surface area contributed by atoms with E-state index >= 15 is 0 Å². The van der Waals surface area contributed by atoms with Crippen molar-refractivity contribution in [2.24, 2.45) is 0 Å². The molecule has 1 aromatic heterocycles. The standard InChI is InChI=1S/C25H30N4OS/c1-19-8-12-21(13-9-19)24-26-27-25(29(24)22-14-10-20(2)11-15-22)31-18-6-7-23(30)28-16-4-3-5-17-28/h8-15H,3-7,16-18H2,1-2H3. The fourth-order valence-electron chi connectivity index (χ4n) is 3.87. The quantitative estimate of drug-likeness (QED) is 0.367. The Morgan fingerprint density at radius 2 is 1.55 bits per heavy atom. The Morgan fingerprint density at radius 1 is 0.903 bits per heavy atom. The molecule has 2 aromatic carbocycles. The van der Waals surface area contributed by atoms with E-state index < -0.39 is 0 Å². The number of likely N-dealkylation sites (tertiary alicyclic amines) is 1. The summed E-state index contributed by atoms with van der Waals surface area (Å²) in [5.74, 6) is 1.98. The molecule has 0 spiro atoms. The summed E-state index contributed by atoms with van der Waals surface area (Å²) in [6.45, 7) is 6.02. The molecule has 0 unspecified atom stereocenters. The van der Waals surface area contributed by atoms with Gasteiger partial charge in [-0.3, -0.25) is 9.36 Å². The summed E-state index contributed by atoms with van der Waals surface area (Å²) in [5, 5.41) is 9.89. The van der Waals surface area contributed by atoms with Crippen molar-refractivity contribution in [3.05, 3.63) is 59.7 Å². The van der Waals surface area contributed by atoms with Crippen molar-refractivity contribution in [2.75, 3.05) is 18.8 Å². The second-order valence-corrected chi connectivity index (χ2v) is 9.30. The summed E-state index contributed by atoms with van der Waals surface area (Å²) in [6.07, 6.45) is 4.98. The maximum absolute atomic E-state index is 12.4. The number of amides is 1. The molecule has 3 aromatic rings. The molecule has 0 aliphatic carbocycles. The third kappa shape index (κ3) is 5.37. The largest absolute Gasteiger partial charge is 0.343 e. The molecule has 0 atom stereocenters. The van der Waals surface area contributed by atoms with Gasteiger partial charge >= 0.3 is 0 Å². The van der Waals surface area contributed by atoms with Crippen LogP contribution in [0.2, 0.25) is 0 Å².